The maximum atomic E-state index is 15.0. The molecule has 1 N–H and O–H groups in total. The van der Waals surface area contributed by atoms with Crippen molar-refractivity contribution >= 4 is 46.8 Å². The molecule has 0 aromatic heterocycles. The molecule has 2 amide bonds. The van der Waals surface area contributed by atoms with Crippen LogP contribution in [0.2, 0.25) is 5.02 Å². The largest absolute Gasteiger partial charge is 0.461 e. The van der Waals surface area contributed by atoms with Gasteiger partial charge in [0.2, 0.25) is 5.91 Å². The van der Waals surface area contributed by atoms with Gasteiger partial charge in [-0.05, 0) is 36.5 Å². The number of benzene rings is 2. The van der Waals surface area contributed by atoms with E-state index >= 15 is 0 Å². The van der Waals surface area contributed by atoms with Gasteiger partial charge in [-0.15, -0.1) is 18.3 Å². The Hall–Kier alpha value is -3.07. The third kappa shape index (κ3) is 4.60. The highest BCUT2D eigenvalue weighted by atomic mass is 35.5. The lowest BCUT2D eigenvalue weighted by molar-refractivity contribution is -0.154. The SMILES string of the molecule is C=CCOC(=O)[C@@H]1[C@H]2C(=O)N([C@H](CO)c3ccccc3)C(C(=O)N(CC=C)c3c(C)cccc3Cl)C23S[C@@H]1CC3C. The van der Waals surface area contributed by atoms with E-state index in [9.17, 15) is 19.5 Å². The zero-order valence-corrected chi connectivity index (χ0v) is 24.8. The summed E-state index contributed by atoms with van der Waals surface area (Å²) in [6.07, 6.45) is 3.81. The van der Waals surface area contributed by atoms with Crippen LogP contribution in [0.15, 0.2) is 73.8 Å². The fraction of sp³-hybridized carbons (Fsp3) is 0.406. The van der Waals surface area contributed by atoms with Crippen molar-refractivity contribution in [2.24, 2.45) is 17.8 Å². The van der Waals surface area contributed by atoms with Crippen molar-refractivity contribution < 1.29 is 24.2 Å². The average molecular weight is 595 g/mol. The summed E-state index contributed by atoms with van der Waals surface area (Å²) < 4.78 is 4.59. The van der Waals surface area contributed by atoms with Gasteiger partial charge >= 0.3 is 5.97 Å². The number of rotatable bonds is 10. The monoisotopic (exact) mass is 594 g/mol. The number of halogens is 1. The second kappa shape index (κ2) is 11.7. The molecule has 41 heavy (non-hydrogen) atoms. The average Bonchev–Trinajstić information content (AvgIpc) is 3.56. The predicted molar refractivity (Wildman–Crippen MR) is 162 cm³/mol. The van der Waals surface area contributed by atoms with Crippen LogP contribution in [0, 0.1) is 24.7 Å². The zero-order valence-electron chi connectivity index (χ0n) is 23.2. The summed E-state index contributed by atoms with van der Waals surface area (Å²) in [7, 11) is 0. The van der Waals surface area contributed by atoms with Crippen LogP contribution in [-0.2, 0) is 19.1 Å². The Morgan fingerprint density at radius 2 is 1.95 bits per heavy atom. The molecule has 2 bridgehead atoms. The maximum Gasteiger partial charge on any atom is 0.311 e. The van der Waals surface area contributed by atoms with Crippen molar-refractivity contribution in [3.05, 3.63) is 90.0 Å². The lowest BCUT2D eigenvalue weighted by Crippen LogP contribution is -2.58. The molecule has 3 unspecified atom stereocenters. The van der Waals surface area contributed by atoms with Gasteiger partial charge in [0.05, 0.1) is 39.9 Å². The standard InChI is InChI=1S/C32H35ClN2O5S/c1-5-15-34(27-19(3)11-10-14-22(27)33)30(38)28-32-20(4)17-24(41-32)25(31(39)40-16-6-2)26(32)29(37)35(28)23(18-36)21-12-8-7-9-13-21/h5-14,20,23-26,28,36H,1-2,15-18H2,3-4H3/t20?,23-,24-,25+,26+,28?,32?/m1/s1. The summed E-state index contributed by atoms with van der Waals surface area (Å²) in [6, 6.07) is 12.9. The molecule has 0 radical (unpaired) electrons. The number of thioether (sulfide) groups is 1. The number of nitrogens with zero attached hydrogens (tertiary/aromatic N) is 2. The molecule has 7 atom stereocenters. The van der Waals surface area contributed by atoms with E-state index < -0.39 is 34.6 Å². The predicted octanol–water partition coefficient (Wildman–Crippen LogP) is 4.97. The first kappa shape index (κ1) is 29.4. The summed E-state index contributed by atoms with van der Waals surface area (Å²) in [4.78, 5) is 46.1. The topological polar surface area (TPSA) is 87.1 Å². The summed E-state index contributed by atoms with van der Waals surface area (Å²) in [5, 5.41) is 11.0. The summed E-state index contributed by atoms with van der Waals surface area (Å²) >= 11 is 8.22. The molecule has 3 heterocycles. The molecule has 216 valence electrons. The number of fused-ring (bicyclic) bond motifs is 1. The number of hydrogen-bond donors (Lipinski definition) is 1. The van der Waals surface area contributed by atoms with Gasteiger partial charge < -0.3 is 19.6 Å². The van der Waals surface area contributed by atoms with Crippen LogP contribution < -0.4 is 4.90 Å². The van der Waals surface area contributed by atoms with Gasteiger partial charge in [0.25, 0.3) is 5.91 Å². The molecule has 2 aromatic rings. The summed E-state index contributed by atoms with van der Waals surface area (Å²) in [6.45, 7) is 11.3. The van der Waals surface area contributed by atoms with Crippen LogP contribution in [-0.4, -0.2) is 63.6 Å². The number of anilines is 1. The van der Waals surface area contributed by atoms with Gasteiger partial charge in [-0.25, -0.2) is 0 Å². The Morgan fingerprint density at radius 3 is 2.59 bits per heavy atom. The molecular formula is C32H35ClN2O5S. The van der Waals surface area contributed by atoms with Crippen molar-refractivity contribution in [1.29, 1.82) is 0 Å². The van der Waals surface area contributed by atoms with Crippen LogP contribution in [0.5, 0.6) is 0 Å². The van der Waals surface area contributed by atoms with E-state index in [4.69, 9.17) is 16.3 Å². The molecule has 3 saturated heterocycles. The third-order valence-electron chi connectivity index (χ3n) is 8.76. The number of aliphatic hydroxyl groups excluding tert-OH is 1. The number of aliphatic hydroxyl groups is 1. The summed E-state index contributed by atoms with van der Waals surface area (Å²) in [5.41, 5.74) is 2.07. The van der Waals surface area contributed by atoms with E-state index in [0.717, 1.165) is 5.56 Å². The Balaban J connectivity index is 1.69. The number of amides is 2. The smallest absolute Gasteiger partial charge is 0.311 e. The number of aryl methyl sites for hydroxylation is 1. The van der Waals surface area contributed by atoms with Gasteiger partial charge in [-0.2, -0.15) is 0 Å². The van der Waals surface area contributed by atoms with Crippen LogP contribution in [0.4, 0.5) is 5.69 Å². The molecule has 3 aliphatic heterocycles. The highest BCUT2D eigenvalue weighted by Gasteiger charge is 2.77. The minimum Gasteiger partial charge on any atom is -0.461 e. The minimum absolute atomic E-state index is 0.0461. The van der Waals surface area contributed by atoms with E-state index in [1.807, 2.05) is 49.4 Å². The molecule has 7 nitrogen and oxygen atoms in total. The van der Waals surface area contributed by atoms with Crippen molar-refractivity contribution in [1.82, 2.24) is 4.90 Å². The Morgan fingerprint density at radius 1 is 1.22 bits per heavy atom. The first-order chi connectivity index (χ1) is 19.7. The quantitative estimate of drug-likeness (QED) is 0.309. The van der Waals surface area contributed by atoms with Crippen molar-refractivity contribution in [3.63, 3.8) is 0 Å². The number of para-hydroxylation sites is 1. The fourth-order valence-corrected chi connectivity index (χ4v) is 9.86. The molecule has 3 aliphatic rings. The van der Waals surface area contributed by atoms with Crippen molar-refractivity contribution in [2.45, 2.75) is 42.3 Å². The minimum atomic E-state index is -0.963. The van der Waals surface area contributed by atoms with E-state index in [1.54, 1.807) is 33.7 Å². The maximum absolute atomic E-state index is 15.0. The Labute approximate surface area is 250 Å². The first-order valence-corrected chi connectivity index (χ1v) is 15.1. The highest BCUT2D eigenvalue weighted by Crippen LogP contribution is 2.69. The van der Waals surface area contributed by atoms with Crippen molar-refractivity contribution in [3.8, 4) is 0 Å². The normalized spacial score (nSPS) is 28.7. The number of ether oxygens (including phenoxy) is 1. The van der Waals surface area contributed by atoms with Crippen molar-refractivity contribution in [2.75, 3.05) is 24.7 Å². The second-order valence-corrected chi connectivity index (χ2v) is 12.9. The molecule has 0 aliphatic carbocycles. The van der Waals surface area contributed by atoms with Crippen LogP contribution in [0.3, 0.4) is 0 Å². The van der Waals surface area contributed by atoms with Crippen LogP contribution in [0.25, 0.3) is 0 Å². The van der Waals surface area contributed by atoms with E-state index in [2.05, 4.69) is 20.1 Å². The molecule has 3 fully saturated rings. The van der Waals surface area contributed by atoms with Gasteiger partial charge in [0.1, 0.15) is 12.6 Å². The lowest BCUT2D eigenvalue weighted by Gasteiger charge is -2.42. The Bertz CT molecular complexity index is 1350. The van der Waals surface area contributed by atoms with E-state index in [0.29, 0.717) is 22.7 Å². The number of likely N-dealkylation sites (tertiary alicyclic amines) is 1. The third-order valence-corrected chi connectivity index (χ3v) is 11.1. The van der Waals surface area contributed by atoms with Gasteiger partial charge in [-0.3, -0.25) is 14.4 Å². The zero-order chi connectivity index (χ0) is 29.5. The molecule has 0 saturated carbocycles. The molecular weight excluding hydrogens is 560 g/mol. The number of esters is 1. The van der Waals surface area contributed by atoms with Gasteiger partial charge in [-0.1, -0.05) is 79.7 Å². The molecule has 9 heteroatoms. The second-order valence-electron chi connectivity index (χ2n) is 11.0. The number of carbonyl (C=O) groups excluding carboxylic acids is 3. The fourth-order valence-electron chi connectivity index (χ4n) is 7.14. The van der Waals surface area contributed by atoms with Crippen LogP contribution >= 0.6 is 23.4 Å². The van der Waals surface area contributed by atoms with E-state index in [-0.39, 0.29) is 42.7 Å². The first-order valence-electron chi connectivity index (χ1n) is 13.8. The lowest BCUT2D eigenvalue weighted by atomic mass is 9.66. The number of carbonyl (C=O) groups is 3. The highest BCUT2D eigenvalue weighted by molar-refractivity contribution is 8.02. The van der Waals surface area contributed by atoms with Gasteiger partial charge in [0.15, 0.2) is 0 Å². The Kier molecular flexibility index (Phi) is 8.37. The van der Waals surface area contributed by atoms with Gasteiger partial charge in [0, 0.05) is 11.8 Å². The molecule has 2 aromatic carbocycles. The molecule has 1 spiro atoms. The summed E-state index contributed by atoms with van der Waals surface area (Å²) in [5.74, 6) is -2.61. The van der Waals surface area contributed by atoms with E-state index in [1.165, 1.54) is 6.08 Å². The van der Waals surface area contributed by atoms with Crippen LogP contribution in [0.1, 0.15) is 30.5 Å². The molecule has 5 rings (SSSR count). The number of hydrogen-bond acceptors (Lipinski definition) is 6.